The monoisotopic (exact) mass is 313 g/mol. The normalized spacial score (nSPS) is 15.7. The number of alkyl halides is 2. The van der Waals surface area contributed by atoms with Crippen molar-refractivity contribution >= 4 is 5.91 Å². The number of ether oxygens (including phenoxy) is 2. The van der Waals surface area contributed by atoms with E-state index in [2.05, 4.69) is 4.74 Å². The lowest BCUT2D eigenvalue weighted by atomic mass is 9.94. The zero-order valence-corrected chi connectivity index (χ0v) is 12.9. The summed E-state index contributed by atoms with van der Waals surface area (Å²) in [5, 5.41) is 0. The van der Waals surface area contributed by atoms with Crippen molar-refractivity contribution in [2.45, 2.75) is 44.8 Å². The van der Waals surface area contributed by atoms with Gasteiger partial charge in [0.1, 0.15) is 0 Å². The van der Waals surface area contributed by atoms with E-state index in [1.807, 2.05) is 0 Å². The van der Waals surface area contributed by atoms with Crippen LogP contribution in [0.25, 0.3) is 0 Å². The van der Waals surface area contributed by atoms with Crippen molar-refractivity contribution < 1.29 is 23.0 Å². The first-order valence-electron chi connectivity index (χ1n) is 7.43. The Labute approximate surface area is 129 Å². The maximum absolute atomic E-state index is 12.5. The summed E-state index contributed by atoms with van der Waals surface area (Å²) in [7, 11) is 3.14. The van der Waals surface area contributed by atoms with Gasteiger partial charge in [-0.1, -0.05) is 19.3 Å². The molecule has 2 rings (SSSR count). The van der Waals surface area contributed by atoms with Crippen LogP contribution < -0.4 is 9.47 Å². The summed E-state index contributed by atoms with van der Waals surface area (Å²) in [6, 6.07) is 4.51. The van der Waals surface area contributed by atoms with Crippen molar-refractivity contribution in [3.8, 4) is 11.5 Å². The highest BCUT2D eigenvalue weighted by atomic mass is 19.3. The Morgan fingerprint density at radius 3 is 2.50 bits per heavy atom. The van der Waals surface area contributed by atoms with Crippen molar-refractivity contribution in [3.05, 3.63) is 23.8 Å². The Hall–Kier alpha value is -1.85. The summed E-state index contributed by atoms with van der Waals surface area (Å²) in [5.74, 6) is -0.0774. The average molecular weight is 313 g/mol. The van der Waals surface area contributed by atoms with E-state index in [9.17, 15) is 13.6 Å². The second kappa shape index (κ2) is 7.42. The Balaban J connectivity index is 2.15. The van der Waals surface area contributed by atoms with Gasteiger partial charge in [0.15, 0.2) is 11.5 Å². The third kappa shape index (κ3) is 3.87. The number of methoxy groups -OCH3 is 1. The minimum atomic E-state index is -2.93. The van der Waals surface area contributed by atoms with Crippen LogP contribution >= 0.6 is 0 Å². The molecule has 1 amide bonds. The molecule has 22 heavy (non-hydrogen) atoms. The van der Waals surface area contributed by atoms with E-state index in [4.69, 9.17) is 4.74 Å². The van der Waals surface area contributed by atoms with Crippen LogP contribution in [0.15, 0.2) is 18.2 Å². The van der Waals surface area contributed by atoms with E-state index >= 15 is 0 Å². The predicted molar refractivity (Wildman–Crippen MR) is 78.6 cm³/mol. The second-order valence-corrected chi connectivity index (χ2v) is 5.45. The molecule has 1 aliphatic carbocycles. The van der Waals surface area contributed by atoms with Crippen LogP contribution in [-0.2, 0) is 0 Å². The van der Waals surface area contributed by atoms with Crippen molar-refractivity contribution in [2.24, 2.45) is 0 Å². The second-order valence-electron chi connectivity index (χ2n) is 5.45. The number of carbonyl (C=O) groups excluding carboxylic acids is 1. The number of carbonyl (C=O) groups is 1. The lowest BCUT2D eigenvalue weighted by Gasteiger charge is -2.31. The molecule has 0 radical (unpaired) electrons. The van der Waals surface area contributed by atoms with Crippen molar-refractivity contribution in [1.29, 1.82) is 0 Å². The highest BCUT2D eigenvalue weighted by molar-refractivity contribution is 5.95. The molecule has 122 valence electrons. The first-order valence-corrected chi connectivity index (χ1v) is 7.43. The smallest absolute Gasteiger partial charge is 0.387 e. The molecule has 0 spiro atoms. The molecule has 0 heterocycles. The lowest BCUT2D eigenvalue weighted by molar-refractivity contribution is -0.0512. The summed E-state index contributed by atoms with van der Waals surface area (Å²) in [5.41, 5.74) is 0.409. The molecule has 1 saturated carbocycles. The fourth-order valence-electron chi connectivity index (χ4n) is 2.83. The van der Waals surface area contributed by atoms with Gasteiger partial charge in [-0.2, -0.15) is 8.78 Å². The van der Waals surface area contributed by atoms with Gasteiger partial charge in [0, 0.05) is 18.7 Å². The van der Waals surface area contributed by atoms with Gasteiger partial charge in [0.25, 0.3) is 5.91 Å². The number of hydrogen-bond donors (Lipinski definition) is 0. The fraction of sp³-hybridized carbons (Fsp3) is 0.562. The van der Waals surface area contributed by atoms with E-state index in [-0.39, 0.29) is 23.4 Å². The van der Waals surface area contributed by atoms with Crippen LogP contribution in [0.2, 0.25) is 0 Å². The molecule has 1 fully saturated rings. The highest BCUT2D eigenvalue weighted by Crippen LogP contribution is 2.30. The third-order valence-corrected chi connectivity index (χ3v) is 4.07. The largest absolute Gasteiger partial charge is 0.493 e. The molecular formula is C16H21F2NO3. The summed E-state index contributed by atoms with van der Waals surface area (Å²) >= 11 is 0. The quantitative estimate of drug-likeness (QED) is 0.832. The van der Waals surface area contributed by atoms with Gasteiger partial charge >= 0.3 is 6.61 Å². The van der Waals surface area contributed by atoms with Crippen LogP contribution in [0.4, 0.5) is 8.78 Å². The molecule has 0 saturated heterocycles. The maximum Gasteiger partial charge on any atom is 0.387 e. The van der Waals surface area contributed by atoms with Gasteiger partial charge in [-0.3, -0.25) is 4.79 Å². The average Bonchev–Trinajstić information content (AvgIpc) is 2.54. The van der Waals surface area contributed by atoms with E-state index in [0.717, 1.165) is 25.7 Å². The Morgan fingerprint density at radius 2 is 1.91 bits per heavy atom. The van der Waals surface area contributed by atoms with E-state index < -0.39 is 6.61 Å². The van der Waals surface area contributed by atoms with Gasteiger partial charge < -0.3 is 14.4 Å². The van der Waals surface area contributed by atoms with Crippen molar-refractivity contribution in [3.63, 3.8) is 0 Å². The molecule has 0 atom stereocenters. The molecule has 0 unspecified atom stereocenters. The van der Waals surface area contributed by atoms with Gasteiger partial charge in [-0.25, -0.2) is 0 Å². The molecule has 0 aliphatic heterocycles. The van der Waals surface area contributed by atoms with Crippen LogP contribution in [0.1, 0.15) is 42.5 Å². The van der Waals surface area contributed by atoms with E-state index in [1.165, 1.54) is 31.7 Å². The number of nitrogens with zero attached hydrogens (tertiary/aromatic N) is 1. The molecule has 1 aliphatic rings. The van der Waals surface area contributed by atoms with Gasteiger partial charge in [-0.15, -0.1) is 0 Å². The third-order valence-electron chi connectivity index (χ3n) is 4.07. The predicted octanol–water partition coefficient (Wildman–Crippen LogP) is 3.70. The molecule has 1 aromatic rings. The summed E-state index contributed by atoms with van der Waals surface area (Å²) in [4.78, 5) is 14.3. The van der Waals surface area contributed by atoms with Crippen LogP contribution in [-0.4, -0.2) is 37.6 Å². The van der Waals surface area contributed by atoms with Crippen molar-refractivity contribution in [1.82, 2.24) is 4.90 Å². The van der Waals surface area contributed by atoms with Gasteiger partial charge in [0.05, 0.1) is 7.11 Å². The number of benzene rings is 1. The Bertz CT molecular complexity index is 516. The number of amides is 1. The topological polar surface area (TPSA) is 38.8 Å². The molecule has 0 bridgehead atoms. The van der Waals surface area contributed by atoms with Crippen molar-refractivity contribution in [2.75, 3.05) is 14.2 Å². The summed E-state index contributed by atoms with van der Waals surface area (Å²) in [6.07, 6.45) is 5.49. The van der Waals surface area contributed by atoms with E-state index in [1.54, 1.807) is 11.9 Å². The number of hydrogen-bond acceptors (Lipinski definition) is 3. The first-order chi connectivity index (χ1) is 10.5. The highest BCUT2D eigenvalue weighted by Gasteiger charge is 2.24. The maximum atomic E-state index is 12.5. The molecule has 0 aromatic heterocycles. The van der Waals surface area contributed by atoms with E-state index in [0.29, 0.717) is 5.56 Å². The fourth-order valence-corrected chi connectivity index (χ4v) is 2.83. The molecule has 0 N–H and O–H groups in total. The minimum Gasteiger partial charge on any atom is -0.493 e. The standard InChI is InChI=1S/C16H21F2NO3/c1-19(12-6-4-3-5-7-12)15(20)11-8-9-13(22-16(17)18)14(10-11)21-2/h8-10,12,16H,3-7H2,1-2H3. The molecular weight excluding hydrogens is 292 g/mol. The number of rotatable bonds is 5. The lowest BCUT2D eigenvalue weighted by Crippen LogP contribution is -2.38. The summed E-state index contributed by atoms with van der Waals surface area (Å²) < 4.78 is 34.0. The van der Waals surface area contributed by atoms with Gasteiger partial charge in [-0.05, 0) is 31.0 Å². The molecule has 6 heteroatoms. The van der Waals surface area contributed by atoms with Crippen LogP contribution in [0.3, 0.4) is 0 Å². The number of halogens is 2. The zero-order chi connectivity index (χ0) is 16.1. The first kappa shape index (κ1) is 16.5. The minimum absolute atomic E-state index is 0.0747. The van der Waals surface area contributed by atoms with Crippen LogP contribution in [0, 0.1) is 0 Å². The van der Waals surface area contributed by atoms with Crippen LogP contribution in [0.5, 0.6) is 11.5 Å². The summed E-state index contributed by atoms with van der Waals surface area (Å²) in [6.45, 7) is -2.93. The molecule has 1 aromatic carbocycles. The Kier molecular flexibility index (Phi) is 5.57. The Morgan fingerprint density at radius 1 is 1.23 bits per heavy atom. The SMILES string of the molecule is COc1cc(C(=O)N(C)C2CCCCC2)ccc1OC(F)F. The zero-order valence-electron chi connectivity index (χ0n) is 12.9. The van der Waals surface area contributed by atoms with Gasteiger partial charge in [0.2, 0.25) is 0 Å². The molecule has 4 nitrogen and oxygen atoms in total.